The second-order valence-electron chi connectivity index (χ2n) is 4.93. The number of hydrogen-bond donors (Lipinski definition) is 0. The summed E-state index contributed by atoms with van der Waals surface area (Å²) in [5, 5.41) is 5.71. The van der Waals surface area contributed by atoms with Crippen LogP contribution in [0.25, 0.3) is 0 Å². The van der Waals surface area contributed by atoms with Crippen LogP contribution in [0.5, 0.6) is 0 Å². The van der Waals surface area contributed by atoms with Crippen molar-refractivity contribution in [3.05, 3.63) is 71.0 Å². The van der Waals surface area contributed by atoms with Crippen LogP contribution in [0, 0.1) is 18.2 Å². The molecule has 1 heterocycles. The first-order valence-electron chi connectivity index (χ1n) is 6.90. The Morgan fingerprint density at radius 1 is 1.23 bits per heavy atom. The first-order valence-corrected chi connectivity index (χ1v) is 6.90. The number of halogens is 1. The van der Waals surface area contributed by atoms with Gasteiger partial charge in [0.1, 0.15) is 5.82 Å². The molecule has 4 heteroatoms. The average Bonchev–Trinajstić information content (AvgIpc) is 3.04. The lowest BCUT2D eigenvalue weighted by Crippen LogP contribution is -2.23. The van der Waals surface area contributed by atoms with E-state index in [1.807, 2.05) is 24.3 Å². The molecule has 0 N–H and O–H groups in total. The predicted molar refractivity (Wildman–Crippen MR) is 83.0 cm³/mol. The van der Waals surface area contributed by atoms with Gasteiger partial charge in [-0.2, -0.15) is 5.10 Å². The molecule has 1 aliphatic rings. The highest BCUT2D eigenvalue weighted by atomic mass is 19.1. The highest BCUT2D eigenvalue weighted by Crippen LogP contribution is 2.19. The van der Waals surface area contributed by atoms with Crippen LogP contribution in [0.2, 0.25) is 0 Å². The lowest BCUT2D eigenvalue weighted by Gasteiger charge is -2.11. The molecular weight excluding hydrogens is 279 g/mol. The van der Waals surface area contributed by atoms with E-state index in [1.54, 1.807) is 6.07 Å². The van der Waals surface area contributed by atoms with Gasteiger partial charge in [-0.3, -0.25) is 4.79 Å². The van der Waals surface area contributed by atoms with E-state index in [0.717, 1.165) is 16.8 Å². The van der Waals surface area contributed by atoms with Gasteiger partial charge in [0, 0.05) is 23.1 Å². The van der Waals surface area contributed by atoms with Gasteiger partial charge in [0.2, 0.25) is 0 Å². The number of terminal acetylenes is 1. The molecule has 0 spiro atoms. The summed E-state index contributed by atoms with van der Waals surface area (Å²) in [5.74, 6) is 1.87. The van der Waals surface area contributed by atoms with Gasteiger partial charge < -0.3 is 0 Å². The maximum absolute atomic E-state index is 13.2. The minimum atomic E-state index is -0.438. The van der Waals surface area contributed by atoms with E-state index in [2.05, 4.69) is 11.0 Å². The second kappa shape index (κ2) is 5.82. The maximum atomic E-state index is 13.2. The van der Waals surface area contributed by atoms with Crippen molar-refractivity contribution in [2.45, 2.75) is 6.42 Å². The Morgan fingerprint density at radius 2 is 2.05 bits per heavy atom. The van der Waals surface area contributed by atoms with Crippen LogP contribution in [0.3, 0.4) is 0 Å². The molecule has 0 unspecified atom stereocenters. The molecule has 0 atom stereocenters. The third-order valence-electron chi connectivity index (χ3n) is 3.50. The topological polar surface area (TPSA) is 32.7 Å². The van der Waals surface area contributed by atoms with Crippen LogP contribution in [0.4, 0.5) is 4.39 Å². The van der Waals surface area contributed by atoms with Crippen molar-refractivity contribution in [1.82, 2.24) is 5.01 Å². The molecule has 1 aliphatic heterocycles. The first kappa shape index (κ1) is 14.0. The van der Waals surface area contributed by atoms with E-state index in [1.165, 1.54) is 23.2 Å². The van der Waals surface area contributed by atoms with Crippen LogP contribution in [0.1, 0.15) is 27.9 Å². The zero-order valence-corrected chi connectivity index (χ0v) is 11.8. The molecule has 22 heavy (non-hydrogen) atoms. The molecule has 0 aliphatic carbocycles. The molecule has 3 nitrogen and oxygen atoms in total. The Balaban J connectivity index is 1.89. The van der Waals surface area contributed by atoms with Gasteiger partial charge in [0.25, 0.3) is 5.91 Å². The summed E-state index contributed by atoms with van der Waals surface area (Å²) in [6.07, 6.45) is 6.12. The van der Waals surface area contributed by atoms with Crippen molar-refractivity contribution in [2.24, 2.45) is 5.10 Å². The Labute approximate surface area is 128 Å². The van der Waals surface area contributed by atoms with E-state index >= 15 is 0 Å². The summed E-state index contributed by atoms with van der Waals surface area (Å²) in [6, 6.07) is 13.1. The summed E-state index contributed by atoms with van der Waals surface area (Å²) in [7, 11) is 0. The van der Waals surface area contributed by atoms with Gasteiger partial charge in [-0.25, -0.2) is 9.40 Å². The van der Waals surface area contributed by atoms with Crippen LogP contribution in [-0.4, -0.2) is 23.2 Å². The average molecular weight is 292 g/mol. The van der Waals surface area contributed by atoms with Crippen molar-refractivity contribution >= 4 is 11.6 Å². The summed E-state index contributed by atoms with van der Waals surface area (Å²) >= 11 is 0. The predicted octanol–water partition coefficient (Wildman–Crippen LogP) is 3.06. The van der Waals surface area contributed by atoms with Gasteiger partial charge in [0.15, 0.2) is 0 Å². The van der Waals surface area contributed by atoms with Gasteiger partial charge in [-0.15, -0.1) is 6.42 Å². The Kier molecular flexibility index (Phi) is 3.71. The Hall–Kier alpha value is -2.93. The van der Waals surface area contributed by atoms with Crippen LogP contribution >= 0.6 is 0 Å². The summed E-state index contributed by atoms with van der Waals surface area (Å²) in [4.78, 5) is 12.3. The van der Waals surface area contributed by atoms with Crippen molar-refractivity contribution in [1.29, 1.82) is 0 Å². The maximum Gasteiger partial charge on any atom is 0.274 e. The second-order valence-corrected chi connectivity index (χ2v) is 4.93. The number of hydrogen-bond acceptors (Lipinski definition) is 2. The largest absolute Gasteiger partial charge is 0.274 e. The molecule has 2 aromatic rings. The lowest BCUT2D eigenvalue weighted by molar-refractivity contribution is 0.0778. The van der Waals surface area contributed by atoms with E-state index in [9.17, 15) is 9.18 Å². The summed E-state index contributed by atoms with van der Waals surface area (Å²) < 4.78 is 13.2. The molecule has 0 aromatic heterocycles. The normalized spacial score (nSPS) is 13.6. The van der Waals surface area contributed by atoms with Gasteiger partial charge >= 0.3 is 0 Å². The van der Waals surface area contributed by atoms with Crippen molar-refractivity contribution < 1.29 is 9.18 Å². The van der Waals surface area contributed by atoms with Crippen LogP contribution in [-0.2, 0) is 0 Å². The molecule has 0 saturated heterocycles. The van der Waals surface area contributed by atoms with Gasteiger partial charge in [-0.05, 0) is 24.3 Å². The Morgan fingerprint density at radius 3 is 2.82 bits per heavy atom. The SMILES string of the molecule is C#Cc1ccccc1C1=NN(C(=O)c2cccc(F)c2)CC1. The molecule has 0 saturated carbocycles. The number of rotatable bonds is 2. The highest BCUT2D eigenvalue weighted by Gasteiger charge is 2.23. The molecule has 0 bridgehead atoms. The number of amides is 1. The third-order valence-corrected chi connectivity index (χ3v) is 3.50. The van der Waals surface area contributed by atoms with Gasteiger partial charge in [0.05, 0.1) is 12.3 Å². The lowest BCUT2D eigenvalue weighted by atomic mass is 10.0. The fraction of sp³-hybridized carbons (Fsp3) is 0.111. The number of nitrogens with zero attached hydrogens (tertiary/aromatic N) is 2. The molecule has 1 amide bonds. The highest BCUT2D eigenvalue weighted by molar-refractivity contribution is 6.05. The van der Waals surface area contributed by atoms with Crippen molar-refractivity contribution in [3.8, 4) is 12.3 Å². The number of carbonyl (C=O) groups is 1. The molecular formula is C18H13FN2O. The van der Waals surface area contributed by atoms with E-state index in [4.69, 9.17) is 6.42 Å². The number of hydrazone groups is 1. The standard InChI is InChI=1S/C18H13FN2O/c1-2-13-6-3-4-9-16(13)17-10-11-21(20-17)18(22)14-7-5-8-15(19)12-14/h1,3-9,12H,10-11H2. The third kappa shape index (κ3) is 2.61. The first-order chi connectivity index (χ1) is 10.7. The van der Waals surface area contributed by atoms with E-state index in [0.29, 0.717) is 13.0 Å². The van der Waals surface area contributed by atoms with Crippen molar-refractivity contribution in [2.75, 3.05) is 6.54 Å². The zero-order valence-electron chi connectivity index (χ0n) is 11.8. The van der Waals surface area contributed by atoms with E-state index in [-0.39, 0.29) is 11.5 Å². The molecule has 3 rings (SSSR count). The quantitative estimate of drug-likeness (QED) is 0.783. The number of carbonyl (C=O) groups excluding carboxylic acids is 1. The zero-order chi connectivity index (χ0) is 15.5. The molecule has 0 fully saturated rings. The summed E-state index contributed by atoms with van der Waals surface area (Å²) in [5.41, 5.74) is 2.68. The fourth-order valence-electron chi connectivity index (χ4n) is 2.42. The van der Waals surface area contributed by atoms with E-state index < -0.39 is 5.82 Å². The number of benzene rings is 2. The van der Waals surface area contributed by atoms with Crippen LogP contribution < -0.4 is 0 Å². The molecule has 2 aromatic carbocycles. The molecule has 0 radical (unpaired) electrons. The van der Waals surface area contributed by atoms with Crippen LogP contribution in [0.15, 0.2) is 53.6 Å². The monoisotopic (exact) mass is 292 g/mol. The Bertz CT molecular complexity index is 805. The molecule has 108 valence electrons. The minimum absolute atomic E-state index is 0.287. The van der Waals surface area contributed by atoms with Gasteiger partial charge in [-0.1, -0.05) is 30.2 Å². The smallest absolute Gasteiger partial charge is 0.267 e. The van der Waals surface area contributed by atoms with Crippen molar-refractivity contribution in [3.63, 3.8) is 0 Å². The summed E-state index contributed by atoms with van der Waals surface area (Å²) in [6.45, 7) is 0.462. The fourth-order valence-corrected chi connectivity index (χ4v) is 2.42. The minimum Gasteiger partial charge on any atom is -0.267 e.